The molecular weight excluding hydrogens is 171 g/mol. The van der Waals surface area contributed by atoms with Gasteiger partial charge in [0.1, 0.15) is 0 Å². The van der Waals surface area contributed by atoms with Gasteiger partial charge in [0, 0.05) is 6.61 Å². The summed E-state index contributed by atoms with van der Waals surface area (Å²) in [5.41, 5.74) is -0.119. The first-order chi connectivity index (χ1) is 5.25. The summed E-state index contributed by atoms with van der Waals surface area (Å²) in [5.74, 6) is -1.31. The van der Waals surface area contributed by atoms with Crippen molar-refractivity contribution >= 4 is 11.9 Å². The Hall–Kier alpha value is -0.320. The molecule has 0 amide bonds. The van der Waals surface area contributed by atoms with E-state index in [1.165, 1.54) is 0 Å². The van der Waals surface area contributed by atoms with Crippen molar-refractivity contribution in [1.29, 1.82) is 0 Å². The first-order valence-corrected chi connectivity index (χ1v) is 3.20. The van der Waals surface area contributed by atoms with Crippen LogP contribution in [0.5, 0.6) is 0 Å². The quantitative estimate of drug-likeness (QED) is 0.194. The van der Waals surface area contributed by atoms with Crippen LogP contribution >= 0.6 is 0 Å². The van der Waals surface area contributed by atoms with E-state index in [2.05, 4.69) is 15.5 Å². The Morgan fingerprint density at radius 1 is 1.75 bits per heavy atom. The summed E-state index contributed by atoms with van der Waals surface area (Å²) in [6, 6.07) is 0. The van der Waals surface area contributed by atoms with E-state index in [1.54, 1.807) is 6.92 Å². The van der Waals surface area contributed by atoms with Crippen LogP contribution in [-0.2, 0) is 19.1 Å². The molecule has 12 heavy (non-hydrogen) atoms. The third-order valence-electron chi connectivity index (χ3n) is 1.14. The van der Waals surface area contributed by atoms with Gasteiger partial charge >= 0.3 is 29.6 Å². The number of rotatable bonds is 2. The van der Waals surface area contributed by atoms with Crippen LogP contribution in [0, 0.1) is 6.08 Å². The Kier molecular flexibility index (Phi) is 5.20. The van der Waals surface area contributed by atoms with Gasteiger partial charge in [-0.25, -0.2) is 0 Å². The van der Waals surface area contributed by atoms with Gasteiger partial charge in [-0.05, 0) is 12.5 Å². The number of hydrogen-bond acceptors (Lipinski definition) is 4. The molecule has 4 nitrogen and oxygen atoms in total. The van der Waals surface area contributed by atoms with Crippen LogP contribution in [0.15, 0.2) is 5.57 Å². The summed E-state index contributed by atoms with van der Waals surface area (Å²) in [4.78, 5) is 21.5. The van der Waals surface area contributed by atoms with Crippen LogP contribution in [0.3, 0.4) is 0 Å². The van der Waals surface area contributed by atoms with E-state index >= 15 is 0 Å². The summed E-state index contributed by atoms with van der Waals surface area (Å²) in [7, 11) is 0. The van der Waals surface area contributed by atoms with Crippen LogP contribution in [0.2, 0.25) is 0 Å². The minimum Gasteiger partial charge on any atom is -0.528 e. The molecular formula is C7H7NaO4. The number of carbonyl (C=O) groups excluding carboxylic acids is 2. The summed E-state index contributed by atoms with van der Waals surface area (Å²) in [5, 5.41) is 0. The van der Waals surface area contributed by atoms with Crippen molar-refractivity contribution in [3.8, 4) is 0 Å². The van der Waals surface area contributed by atoms with Crippen molar-refractivity contribution < 1.29 is 48.6 Å². The summed E-state index contributed by atoms with van der Waals surface area (Å²) in [6.07, 6.45) is 2.46. The van der Waals surface area contributed by atoms with Gasteiger partial charge in [0.2, 0.25) is 11.9 Å². The van der Waals surface area contributed by atoms with Crippen molar-refractivity contribution in [3.63, 3.8) is 0 Å². The smallest absolute Gasteiger partial charge is 0.528 e. The zero-order valence-corrected chi connectivity index (χ0v) is 9.05. The van der Waals surface area contributed by atoms with Gasteiger partial charge in [0.25, 0.3) is 0 Å². The third-order valence-corrected chi connectivity index (χ3v) is 1.14. The van der Waals surface area contributed by atoms with Crippen molar-refractivity contribution in [3.05, 3.63) is 11.6 Å². The molecule has 5 heteroatoms. The molecule has 0 aromatic heterocycles. The molecule has 0 saturated carbocycles. The average molecular weight is 178 g/mol. The summed E-state index contributed by atoms with van der Waals surface area (Å²) < 4.78 is 9.00. The van der Waals surface area contributed by atoms with Gasteiger partial charge in [-0.1, -0.05) is 0 Å². The Bertz CT molecular complexity index is 221. The van der Waals surface area contributed by atoms with E-state index in [4.69, 9.17) is 0 Å². The first-order valence-electron chi connectivity index (χ1n) is 3.20. The molecule has 0 bridgehead atoms. The number of hydrogen-bond donors (Lipinski definition) is 0. The zero-order chi connectivity index (χ0) is 8.27. The predicted octanol–water partition coefficient (Wildman–Crippen LogP) is -3.16. The Labute approximate surface area is 92.2 Å². The fourth-order valence-corrected chi connectivity index (χ4v) is 0.677. The molecule has 0 atom stereocenters. The third kappa shape index (κ3) is 2.62. The van der Waals surface area contributed by atoms with E-state index in [9.17, 15) is 9.59 Å². The predicted molar refractivity (Wildman–Crippen MR) is 34.3 cm³/mol. The second-order valence-corrected chi connectivity index (χ2v) is 1.85. The van der Waals surface area contributed by atoms with Crippen molar-refractivity contribution in [2.45, 2.75) is 6.92 Å². The topological polar surface area (TPSA) is 52.6 Å². The minimum atomic E-state index is -0.657. The molecule has 0 aromatic carbocycles. The second kappa shape index (κ2) is 5.35. The molecule has 60 valence electrons. The van der Waals surface area contributed by atoms with E-state index in [-0.39, 0.29) is 48.3 Å². The fraction of sp³-hybridized carbons (Fsp3) is 0.429. The molecule has 0 fully saturated rings. The van der Waals surface area contributed by atoms with E-state index in [1.807, 2.05) is 0 Å². The van der Waals surface area contributed by atoms with Crippen LogP contribution in [0.25, 0.3) is 0 Å². The van der Waals surface area contributed by atoms with Gasteiger partial charge in [0.05, 0.1) is 6.61 Å². The van der Waals surface area contributed by atoms with Gasteiger partial charge in [-0.15, -0.1) is 6.08 Å². The zero-order valence-electron chi connectivity index (χ0n) is 7.05. The van der Waals surface area contributed by atoms with Crippen LogP contribution in [-0.4, -0.2) is 25.2 Å². The monoisotopic (exact) mass is 178 g/mol. The maximum atomic E-state index is 10.8. The summed E-state index contributed by atoms with van der Waals surface area (Å²) in [6.45, 7) is 1.96. The molecule has 0 aliphatic carbocycles. The Morgan fingerprint density at radius 2 is 2.42 bits per heavy atom. The number of cyclic esters (lactones) is 1. The number of carbonyl (C=O) groups is 2. The molecule has 1 heterocycles. The SMILES string of the molecule is CCOC(=O)C1=[C-]COC1=O.[Na+]. The van der Waals surface area contributed by atoms with Crippen LogP contribution in [0.4, 0.5) is 0 Å². The Balaban J connectivity index is 0.00000121. The molecule has 1 aliphatic rings. The van der Waals surface area contributed by atoms with Gasteiger partial charge in [-0.3, -0.25) is 0 Å². The fourth-order valence-electron chi connectivity index (χ4n) is 0.677. The maximum absolute atomic E-state index is 10.8. The van der Waals surface area contributed by atoms with Crippen LogP contribution in [0.1, 0.15) is 6.92 Å². The number of esters is 2. The van der Waals surface area contributed by atoms with Gasteiger partial charge in [0.15, 0.2) is 0 Å². The van der Waals surface area contributed by atoms with Crippen molar-refractivity contribution in [2.24, 2.45) is 0 Å². The van der Waals surface area contributed by atoms with Gasteiger partial charge in [-0.2, -0.15) is 0 Å². The molecule has 0 N–H and O–H groups in total. The molecule has 1 aliphatic heterocycles. The number of ether oxygens (including phenoxy) is 2. The van der Waals surface area contributed by atoms with Crippen LogP contribution < -0.4 is 29.6 Å². The molecule has 0 saturated heterocycles. The van der Waals surface area contributed by atoms with E-state index < -0.39 is 11.9 Å². The molecule has 1 rings (SSSR count). The maximum Gasteiger partial charge on any atom is 1.00 e. The first kappa shape index (κ1) is 11.7. The van der Waals surface area contributed by atoms with Crippen molar-refractivity contribution in [1.82, 2.24) is 0 Å². The van der Waals surface area contributed by atoms with Crippen molar-refractivity contribution in [2.75, 3.05) is 13.2 Å². The molecule has 0 radical (unpaired) electrons. The molecule has 0 aromatic rings. The Morgan fingerprint density at radius 3 is 2.83 bits per heavy atom. The van der Waals surface area contributed by atoms with E-state index in [0.717, 1.165) is 0 Å². The second-order valence-electron chi connectivity index (χ2n) is 1.85. The normalized spacial score (nSPS) is 14.4. The summed E-state index contributed by atoms with van der Waals surface area (Å²) >= 11 is 0. The largest absolute Gasteiger partial charge is 1.00 e. The molecule has 0 unspecified atom stereocenters. The van der Waals surface area contributed by atoms with E-state index in [0.29, 0.717) is 0 Å². The minimum absolute atomic E-state index is 0. The van der Waals surface area contributed by atoms with Gasteiger partial charge < -0.3 is 19.1 Å². The average Bonchev–Trinajstić information content (AvgIpc) is 2.36. The molecule has 0 spiro atoms. The standard InChI is InChI=1S/C7H7O4.Na/c1-2-10-6(8)5-3-4-11-7(5)9;/h2,4H2,1H3;/q-1;+1.